The summed E-state index contributed by atoms with van der Waals surface area (Å²) in [7, 11) is 1.86. The number of nitriles is 1. The van der Waals surface area contributed by atoms with Crippen LogP contribution in [-0.2, 0) is 24.7 Å². The van der Waals surface area contributed by atoms with Crippen molar-refractivity contribution >= 4 is 34.0 Å². The number of thioether (sulfide) groups is 1. The zero-order chi connectivity index (χ0) is 22.7. The average molecular weight is 468 g/mol. The second-order valence-electron chi connectivity index (χ2n) is 7.98. The van der Waals surface area contributed by atoms with Crippen LogP contribution in [0.3, 0.4) is 0 Å². The third-order valence-electron chi connectivity index (χ3n) is 5.50. The Morgan fingerprint density at radius 2 is 2.19 bits per heavy atom. The van der Waals surface area contributed by atoms with Crippen LogP contribution in [0.25, 0.3) is 0 Å². The molecule has 1 amide bonds. The fraction of sp³-hybridized carbons (Fsp3) is 0.391. The number of ether oxygens (including phenoxy) is 1. The standard InChI is InChI=1S/C23H25N5O2S2/c1-14-9-10-17-18(12-24)22(32-19(17)11-14)25-20(29)13-31-23-27-26-21(28(23)3)15(2)30-16-7-5-4-6-8-16/h4-8,14-15H,9-11,13H2,1-3H3,(H,25,29). The molecule has 0 saturated carbocycles. The summed E-state index contributed by atoms with van der Waals surface area (Å²) in [6, 6.07) is 11.9. The van der Waals surface area contributed by atoms with Gasteiger partial charge in [0.2, 0.25) is 5.91 Å². The molecule has 3 aromatic rings. The molecule has 0 saturated heterocycles. The highest BCUT2D eigenvalue weighted by Crippen LogP contribution is 2.39. The zero-order valence-electron chi connectivity index (χ0n) is 18.3. The van der Waals surface area contributed by atoms with E-state index in [1.807, 2.05) is 48.9 Å². The molecule has 1 aliphatic rings. The molecule has 0 spiro atoms. The number of fused-ring (bicyclic) bond motifs is 1. The van der Waals surface area contributed by atoms with Gasteiger partial charge in [-0.25, -0.2) is 0 Å². The lowest BCUT2D eigenvalue weighted by molar-refractivity contribution is -0.113. The van der Waals surface area contributed by atoms with Crippen molar-refractivity contribution in [2.45, 2.75) is 44.4 Å². The molecule has 1 aromatic carbocycles. The minimum absolute atomic E-state index is 0.156. The van der Waals surface area contributed by atoms with Gasteiger partial charge in [0.25, 0.3) is 0 Å². The molecule has 7 nitrogen and oxygen atoms in total. The lowest BCUT2D eigenvalue weighted by atomic mass is 9.89. The first-order chi connectivity index (χ1) is 15.5. The number of aromatic nitrogens is 3. The number of nitrogens with one attached hydrogen (secondary N) is 1. The van der Waals surface area contributed by atoms with Crippen LogP contribution in [0.2, 0.25) is 0 Å². The summed E-state index contributed by atoms with van der Waals surface area (Å²) < 4.78 is 7.78. The maximum absolute atomic E-state index is 12.6. The van der Waals surface area contributed by atoms with E-state index < -0.39 is 0 Å². The van der Waals surface area contributed by atoms with Crippen molar-refractivity contribution in [2.24, 2.45) is 13.0 Å². The fourth-order valence-corrected chi connectivity index (χ4v) is 5.91. The fourth-order valence-electron chi connectivity index (χ4n) is 3.81. The molecule has 0 bridgehead atoms. The van der Waals surface area contributed by atoms with E-state index in [0.717, 1.165) is 30.6 Å². The second kappa shape index (κ2) is 9.76. The normalized spacial score (nSPS) is 16.1. The Labute approximate surface area is 195 Å². The summed E-state index contributed by atoms with van der Waals surface area (Å²) in [6.07, 6.45) is 2.69. The molecular weight excluding hydrogens is 442 g/mol. The summed E-state index contributed by atoms with van der Waals surface area (Å²) >= 11 is 2.85. The van der Waals surface area contributed by atoms with Gasteiger partial charge >= 0.3 is 0 Å². The van der Waals surface area contributed by atoms with E-state index in [0.29, 0.717) is 27.5 Å². The maximum Gasteiger partial charge on any atom is 0.235 e. The first kappa shape index (κ1) is 22.4. The number of para-hydroxylation sites is 1. The number of benzene rings is 1. The molecule has 2 unspecified atom stereocenters. The van der Waals surface area contributed by atoms with Gasteiger partial charge in [-0.1, -0.05) is 36.9 Å². The molecule has 0 aliphatic heterocycles. The Morgan fingerprint density at radius 1 is 1.41 bits per heavy atom. The van der Waals surface area contributed by atoms with Gasteiger partial charge in [0.1, 0.15) is 16.8 Å². The number of rotatable bonds is 7. The lowest BCUT2D eigenvalue weighted by Crippen LogP contribution is -2.15. The van der Waals surface area contributed by atoms with Crippen LogP contribution in [0.1, 0.15) is 48.2 Å². The molecule has 2 heterocycles. The number of thiophene rings is 1. The van der Waals surface area contributed by atoms with Gasteiger partial charge in [-0.15, -0.1) is 21.5 Å². The Bertz CT molecular complexity index is 1150. The number of hydrogen-bond acceptors (Lipinski definition) is 7. The number of amides is 1. The van der Waals surface area contributed by atoms with E-state index in [9.17, 15) is 10.1 Å². The van der Waals surface area contributed by atoms with E-state index in [2.05, 4.69) is 28.5 Å². The van der Waals surface area contributed by atoms with E-state index >= 15 is 0 Å². The largest absolute Gasteiger partial charge is 0.483 e. The predicted molar refractivity (Wildman–Crippen MR) is 126 cm³/mol. The molecule has 4 rings (SSSR count). The molecule has 1 N–H and O–H groups in total. The highest BCUT2D eigenvalue weighted by Gasteiger charge is 2.25. The molecule has 0 radical (unpaired) electrons. The Kier molecular flexibility index (Phi) is 6.82. The van der Waals surface area contributed by atoms with Crippen LogP contribution in [0.4, 0.5) is 5.00 Å². The number of hydrogen-bond donors (Lipinski definition) is 1. The average Bonchev–Trinajstić information content (AvgIpc) is 3.31. The minimum Gasteiger partial charge on any atom is -0.483 e. The van der Waals surface area contributed by atoms with Crippen molar-refractivity contribution in [1.29, 1.82) is 5.26 Å². The highest BCUT2D eigenvalue weighted by molar-refractivity contribution is 7.99. The van der Waals surface area contributed by atoms with Crippen LogP contribution >= 0.6 is 23.1 Å². The van der Waals surface area contributed by atoms with Gasteiger partial charge in [-0.3, -0.25) is 4.79 Å². The Morgan fingerprint density at radius 3 is 2.94 bits per heavy atom. The van der Waals surface area contributed by atoms with Crippen molar-refractivity contribution in [1.82, 2.24) is 14.8 Å². The van der Waals surface area contributed by atoms with Crippen LogP contribution in [0.15, 0.2) is 35.5 Å². The summed E-state index contributed by atoms with van der Waals surface area (Å²) in [4.78, 5) is 13.8. The van der Waals surface area contributed by atoms with Crippen molar-refractivity contribution < 1.29 is 9.53 Å². The lowest BCUT2D eigenvalue weighted by Gasteiger charge is -2.17. The van der Waals surface area contributed by atoms with Crippen molar-refractivity contribution in [3.63, 3.8) is 0 Å². The second-order valence-corrected chi connectivity index (χ2v) is 10.0. The van der Waals surface area contributed by atoms with E-state index in [-0.39, 0.29) is 17.8 Å². The number of nitrogens with zero attached hydrogens (tertiary/aromatic N) is 4. The summed E-state index contributed by atoms with van der Waals surface area (Å²) in [6.45, 7) is 4.14. The van der Waals surface area contributed by atoms with Gasteiger partial charge in [-0.2, -0.15) is 5.26 Å². The number of carbonyl (C=O) groups is 1. The van der Waals surface area contributed by atoms with Crippen molar-refractivity contribution in [3.05, 3.63) is 52.2 Å². The topological polar surface area (TPSA) is 92.8 Å². The van der Waals surface area contributed by atoms with Gasteiger partial charge in [0.05, 0.1) is 11.3 Å². The first-order valence-electron chi connectivity index (χ1n) is 10.5. The first-order valence-corrected chi connectivity index (χ1v) is 12.3. The third-order valence-corrected chi connectivity index (χ3v) is 7.69. The molecule has 0 fully saturated rings. The smallest absolute Gasteiger partial charge is 0.235 e. The molecule has 2 atom stereocenters. The van der Waals surface area contributed by atoms with Crippen LogP contribution in [-0.4, -0.2) is 26.4 Å². The van der Waals surface area contributed by atoms with Crippen LogP contribution < -0.4 is 10.1 Å². The summed E-state index contributed by atoms with van der Waals surface area (Å²) in [5, 5.41) is 22.3. The van der Waals surface area contributed by atoms with Gasteiger partial charge < -0.3 is 14.6 Å². The van der Waals surface area contributed by atoms with Crippen LogP contribution in [0, 0.1) is 17.2 Å². The molecular formula is C23H25N5O2S2. The van der Waals surface area contributed by atoms with Gasteiger partial charge in [-0.05, 0) is 49.8 Å². The van der Waals surface area contributed by atoms with Crippen LogP contribution in [0.5, 0.6) is 5.75 Å². The summed E-state index contributed by atoms with van der Waals surface area (Å²) in [5.41, 5.74) is 1.74. The Hall–Kier alpha value is -2.83. The highest BCUT2D eigenvalue weighted by atomic mass is 32.2. The molecule has 1 aliphatic carbocycles. The minimum atomic E-state index is -0.281. The predicted octanol–water partition coefficient (Wildman–Crippen LogP) is 4.74. The van der Waals surface area contributed by atoms with E-state index in [1.54, 1.807) is 0 Å². The Balaban J connectivity index is 1.37. The molecule has 2 aromatic heterocycles. The van der Waals surface area contributed by atoms with E-state index in [1.165, 1.54) is 28.0 Å². The summed E-state index contributed by atoms with van der Waals surface area (Å²) in [5.74, 6) is 2.09. The van der Waals surface area contributed by atoms with Crippen molar-refractivity contribution in [2.75, 3.05) is 11.1 Å². The SMILES string of the molecule is CC1CCc2c(sc(NC(=O)CSc3nnc(C(C)Oc4ccccc4)n3C)c2C#N)C1. The maximum atomic E-state index is 12.6. The zero-order valence-corrected chi connectivity index (χ0v) is 19.9. The molecule has 166 valence electrons. The van der Waals surface area contributed by atoms with Crippen molar-refractivity contribution in [3.8, 4) is 11.8 Å². The van der Waals surface area contributed by atoms with E-state index in [4.69, 9.17) is 4.74 Å². The third kappa shape index (κ3) is 4.81. The monoisotopic (exact) mass is 467 g/mol. The number of carbonyl (C=O) groups excluding carboxylic acids is 1. The quantitative estimate of drug-likeness (QED) is 0.504. The molecule has 32 heavy (non-hydrogen) atoms. The van der Waals surface area contributed by atoms with Gasteiger partial charge in [0, 0.05) is 11.9 Å². The number of anilines is 1. The molecule has 9 heteroatoms. The van der Waals surface area contributed by atoms with Gasteiger partial charge in [0.15, 0.2) is 17.1 Å².